The number of hydrogen-bond acceptors (Lipinski definition) is 5. The largest absolute Gasteiger partial charge is 0.462 e. The third-order valence-electron chi connectivity index (χ3n) is 2.93. The van der Waals surface area contributed by atoms with Crippen LogP contribution in [0.25, 0.3) is 0 Å². The van der Waals surface area contributed by atoms with Gasteiger partial charge in [-0.15, -0.1) is 0 Å². The summed E-state index contributed by atoms with van der Waals surface area (Å²) < 4.78 is 35.2. The van der Waals surface area contributed by atoms with Crippen LogP contribution in [0.3, 0.4) is 0 Å². The van der Waals surface area contributed by atoms with Gasteiger partial charge in [0.05, 0.1) is 12.4 Å². The maximum absolute atomic E-state index is 11.2. The van der Waals surface area contributed by atoms with Crippen molar-refractivity contribution in [2.24, 2.45) is 0 Å². The van der Waals surface area contributed by atoms with Crippen molar-refractivity contribution in [3.8, 4) is 0 Å². The van der Waals surface area contributed by atoms with Crippen molar-refractivity contribution in [2.75, 3.05) is 25.4 Å². The van der Waals surface area contributed by atoms with Crippen LogP contribution in [-0.2, 0) is 19.6 Å². The van der Waals surface area contributed by atoms with Gasteiger partial charge in [-0.2, -0.15) is 8.42 Å². The predicted molar refractivity (Wildman–Crippen MR) is 82.7 cm³/mol. The lowest BCUT2D eigenvalue weighted by atomic mass is 10.1. The summed E-state index contributed by atoms with van der Waals surface area (Å²) in [5.41, 5.74) is 0.244. The van der Waals surface area contributed by atoms with Gasteiger partial charge in [0.15, 0.2) is 0 Å². The van der Waals surface area contributed by atoms with E-state index in [1.54, 1.807) is 6.92 Å². The van der Waals surface area contributed by atoms with E-state index >= 15 is 0 Å². The normalized spacial score (nSPS) is 12.5. The number of carbonyl (C=O) groups excluding carboxylic acids is 1. The van der Waals surface area contributed by atoms with Gasteiger partial charge in [-0.1, -0.05) is 6.58 Å². The summed E-state index contributed by atoms with van der Waals surface area (Å²) in [6, 6.07) is 0. The monoisotopic (exact) mass is 321 g/mol. The smallest absolute Gasteiger partial charge is 0.333 e. The molecule has 0 fully saturated rings. The fourth-order valence-electron chi connectivity index (χ4n) is 1.76. The third kappa shape index (κ3) is 10.4. The van der Waals surface area contributed by atoms with E-state index in [9.17, 15) is 13.2 Å². The van der Waals surface area contributed by atoms with Crippen LogP contribution in [0.2, 0.25) is 0 Å². The SMILES string of the molecule is C=C(C)C(=O)OCCCN(CCCS(=O)(=O)O)C(C)(C)C. The molecule has 0 rings (SSSR count). The molecule has 0 aliphatic rings. The molecule has 0 aromatic heterocycles. The van der Waals surface area contributed by atoms with Crippen LogP contribution in [-0.4, -0.2) is 54.8 Å². The minimum absolute atomic E-state index is 0.127. The van der Waals surface area contributed by atoms with Crippen LogP contribution >= 0.6 is 0 Å². The molecule has 0 unspecified atom stereocenters. The number of esters is 1. The van der Waals surface area contributed by atoms with E-state index in [1.165, 1.54) is 0 Å². The van der Waals surface area contributed by atoms with Crippen LogP contribution < -0.4 is 0 Å². The maximum Gasteiger partial charge on any atom is 0.333 e. The van der Waals surface area contributed by atoms with E-state index in [0.29, 0.717) is 38.1 Å². The first kappa shape index (κ1) is 20.1. The van der Waals surface area contributed by atoms with E-state index < -0.39 is 16.1 Å². The van der Waals surface area contributed by atoms with Crippen molar-refractivity contribution >= 4 is 16.1 Å². The van der Waals surface area contributed by atoms with Crippen molar-refractivity contribution in [2.45, 2.75) is 46.1 Å². The highest BCUT2D eigenvalue weighted by Gasteiger charge is 2.21. The number of carbonyl (C=O) groups is 1. The first-order chi connectivity index (χ1) is 9.43. The lowest BCUT2D eigenvalue weighted by Crippen LogP contribution is -2.43. The molecule has 124 valence electrons. The maximum atomic E-state index is 11.2. The van der Waals surface area contributed by atoms with Crippen LogP contribution in [0, 0.1) is 0 Å². The Hall–Kier alpha value is -0.920. The molecule has 6 nitrogen and oxygen atoms in total. The number of nitrogens with zero attached hydrogens (tertiary/aromatic N) is 1. The van der Waals surface area contributed by atoms with E-state index in [0.717, 1.165) is 0 Å². The minimum Gasteiger partial charge on any atom is -0.462 e. The van der Waals surface area contributed by atoms with E-state index in [2.05, 4.69) is 11.5 Å². The molecule has 0 aromatic rings. The lowest BCUT2D eigenvalue weighted by Gasteiger charge is -2.35. The highest BCUT2D eigenvalue weighted by molar-refractivity contribution is 7.85. The molecule has 0 saturated heterocycles. The summed E-state index contributed by atoms with van der Waals surface area (Å²) in [6.07, 6.45) is 1.02. The zero-order valence-corrected chi connectivity index (χ0v) is 14.2. The summed E-state index contributed by atoms with van der Waals surface area (Å²) in [7, 11) is -3.92. The summed E-state index contributed by atoms with van der Waals surface area (Å²) in [5, 5.41) is 0. The van der Waals surface area contributed by atoms with Crippen LogP contribution in [0.1, 0.15) is 40.5 Å². The quantitative estimate of drug-likeness (QED) is 0.302. The number of ether oxygens (including phenoxy) is 1. The van der Waals surface area contributed by atoms with Crippen LogP contribution in [0.4, 0.5) is 0 Å². The highest BCUT2D eigenvalue weighted by Crippen LogP contribution is 2.14. The molecule has 0 saturated carbocycles. The molecule has 1 N–H and O–H groups in total. The van der Waals surface area contributed by atoms with Gasteiger partial charge in [-0.05, 0) is 47.1 Å². The molecule has 0 aliphatic heterocycles. The van der Waals surface area contributed by atoms with Gasteiger partial charge in [0.2, 0.25) is 0 Å². The Balaban J connectivity index is 4.21. The average molecular weight is 321 g/mol. The fraction of sp³-hybridized carbons (Fsp3) is 0.786. The van der Waals surface area contributed by atoms with E-state index in [4.69, 9.17) is 9.29 Å². The molecule has 0 amide bonds. The van der Waals surface area contributed by atoms with Crippen LogP contribution in [0.5, 0.6) is 0 Å². The van der Waals surface area contributed by atoms with Gasteiger partial charge >= 0.3 is 5.97 Å². The van der Waals surface area contributed by atoms with Gasteiger partial charge in [-0.25, -0.2) is 4.79 Å². The zero-order valence-electron chi connectivity index (χ0n) is 13.4. The van der Waals surface area contributed by atoms with Crippen LogP contribution in [0.15, 0.2) is 12.2 Å². The number of rotatable bonds is 9. The summed E-state index contributed by atoms with van der Waals surface area (Å²) in [4.78, 5) is 13.3. The van der Waals surface area contributed by atoms with Crippen molar-refractivity contribution < 1.29 is 22.5 Å². The van der Waals surface area contributed by atoms with Gasteiger partial charge < -0.3 is 4.74 Å². The van der Waals surface area contributed by atoms with Crippen molar-refractivity contribution in [1.29, 1.82) is 0 Å². The molecule has 0 bridgehead atoms. The Labute approximate surface area is 127 Å². The van der Waals surface area contributed by atoms with Crippen molar-refractivity contribution in [3.63, 3.8) is 0 Å². The average Bonchev–Trinajstić information content (AvgIpc) is 2.28. The third-order valence-corrected chi connectivity index (χ3v) is 3.74. The first-order valence-corrected chi connectivity index (χ1v) is 8.57. The second-order valence-electron chi connectivity index (χ2n) is 6.07. The van der Waals surface area contributed by atoms with Gasteiger partial charge in [0, 0.05) is 17.7 Å². The second kappa shape index (κ2) is 8.51. The molecule has 0 aliphatic carbocycles. The molecular weight excluding hydrogens is 294 g/mol. The Morgan fingerprint density at radius 3 is 2.19 bits per heavy atom. The number of hydrogen-bond donors (Lipinski definition) is 1. The first-order valence-electron chi connectivity index (χ1n) is 6.96. The molecular formula is C14H27NO5S. The minimum atomic E-state index is -3.92. The Morgan fingerprint density at radius 2 is 1.76 bits per heavy atom. The fourth-order valence-corrected chi connectivity index (χ4v) is 2.26. The zero-order chi connectivity index (χ0) is 16.7. The lowest BCUT2D eigenvalue weighted by molar-refractivity contribution is -0.139. The van der Waals surface area contributed by atoms with Gasteiger partial charge in [-0.3, -0.25) is 9.45 Å². The molecule has 0 spiro atoms. The van der Waals surface area contributed by atoms with Crippen molar-refractivity contribution in [1.82, 2.24) is 4.90 Å². The Bertz CT molecular complexity index is 450. The Morgan fingerprint density at radius 1 is 1.24 bits per heavy atom. The molecule has 0 heterocycles. The highest BCUT2D eigenvalue weighted by atomic mass is 32.2. The second-order valence-corrected chi connectivity index (χ2v) is 7.64. The Kier molecular flexibility index (Phi) is 8.13. The molecule has 21 heavy (non-hydrogen) atoms. The summed E-state index contributed by atoms with van der Waals surface area (Å²) >= 11 is 0. The molecule has 7 heteroatoms. The molecule has 0 atom stereocenters. The standard InChI is InChI=1S/C14H27NO5S/c1-12(2)13(16)20-10-6-8-15(14(3,4)5)9-7-11-21(17,18)19/h1,6-11H2,2-5H3,(H,17,18,19). The topological polar surface area (TPSA) is 83.9 Å². The molecule has 0 radical (unpaired) electrons. The van der Waals surface area contributed by atoms with Gasteiger partial charge in [0.1, 0.15) is 0 Å². The van der Waals surface area contributed by atoms with E-state index in [-0.39, 0.29) is 11.3 Å². The molecule has 0 aromatic carbocycles. The van der Waals surface area contributed by atoms with E-state index in [1.807, 2.05) is 20.8 Å². The van der Waals surface area contributed by atoms with Crippen molar-refractivity contribution in [3.05, 3.63) is 12.2 Å². The summed E-state index contributed by atoms with van der Waals surface area (Å²) in [6.45, 7) is 12.7. The predicted octanol–water partition coefficient (Wildman–Crippen LogP) is 1.87. The van der Waals surface area contributed by atoms with Gasteiger partial charge in [0.25, 0.3) is 10.1 Å². The summed E-state index contributed by atoms with van der Waals surface area (Å²) in [5.74, 6) is -0.645.